The molecule has 0 aliphatic carbocycles. The van der Waals surface area contributed by atoms with Gasteiger partial charge < -0.3 is 0 Å². The fourth-order valence-electron chi connectivity index (χ4n) is 0.313. The molecule has 0 atom stereocenters. The minimum atomic E-state index is 0.115. The van der Waals surface area contributed by atoms with Gasteiger partial charge in [-0.15, -0.1) is 0 Å². The van der Waals surface area contributed by atoms with Crippen LogP contribution in [0.5, 0.6) is 0 Å². The van der Waals surface area contributed by atoms with Crippen LogP contribution in [-0.4, -0.2) is 23.7 Å². The van der Waals surface area contributed by atoms with Crippen LogP contribution in [0.25, 0.3) is 0 Å². The van der Waals surface area contributed by atoms with E-state index in [1.807, 2.05) is 6.92 Å². The molecule has 0 aliphatic rings. The first-order valence-electron chi connectivity index (χ1n) is 1.85. The van der Waals surface area contributed by atoms with E-state index >= 15 is 0 Å². The molecule has 2 N–H and O–H groups in total. The van der Waals surface area contributed by atoms with Crippen LogP contribution in [0, 0.1) is 6.92 Å². The summed E-state index contributed by atoms with van der Waals surface area (Å²) in [6.45, 7) is 1.85. The molecular formula is C3H5N3Se. The second kappa shape index (κ2) is 1.64. The predicted octanol–water partition coefficient (Wildman–Crippen LogP) is -0.576. The third kappa shape index (κ3) is 1.01. The molecule has 7 heavy (non-hydrogen) atoms. The number of nitrogens with zero attached hydrogens (tertiary/aromatic N) is 2. The molecule has 0 fully saturated rings. The van der Waals surface area contributed by atoms with Gasteiger partial charge in [-0.3, -0.25) is 0 Å². The Balaban J connectivity index is 3.04. The van der Waals surface area contributed by atoms with Gasteiger partial charge in [0.25, 0.3) is 0 Å². The molecule has 1 aromatic rings. The van der Waals surface area contributed by atoms with Crippen LogP contribution >= 0.6 is 0 Å². The first-order valence-corrected chi connectivity index (χ1v) is 3.47. The van der Waals surface area contributed by atoms with E-state index < -0.39 is 0 Å². The molecule has 3 nitrogen and oxygen atoms in total. The number of anilines is 1. The zero-order valence-corrected chi connectivity index (χ0v) is 5.59. The van der Waals surface area contributed by atoms with Crippen LogP contribution in [0.2, 0.25) is 0 Å². The van der Waals surface area contributed by atoms with E-state index in [1.165, 1.54) is 0 Å². The molecule has 0 bridgehead atoms. The van der Waals surface area contributed by atoms with E-state index in [4.69, 9.17) is 5.73 Å². The van der Waals surface area contributed by atoms with Crippen LogP contribution in [0.3, 0.4) is 0 Å². The summed E-state index contributed by atoms with van der Waals surface area (Å²) in [6, 6.07) is 0. The molecule has 0 saturated heterocycles. The van der Waals surface area contributed by atoms with Gasteiger partial charge in [-0.05, 0) is 0 Å². The van der Waals surface area contributed by atoms with Crippen molar-refractivity contribution < 1.29 is 0 Å². The molecule has 1 heterocycles. The second-order valence-electron chi connectivity index (χ2n) is 1.18. The van der Waals surface area contributed by atoms with Crippen LogP contribution in [0.15, 0.2) is 0 Å². The zero-order valence-electron chi connectivity index (χ0n) is 3.88. The van der Waals surface area contributed by atoms with Crippen LogP contribution < -0.4 is 5.73 Å². The van der Waals surface area contributed by atoms with Gasteiger partial charge in [0, 0.05) is 0 Å². The van der Waals surface area contributed by atoms with Crippen molar-refractivity contribution in [3.63, 3.8) is 0 Å². The molecule has 1 aromatic heterocycles. The standard InChI is InChI=1S/C3H5N3Se/c1-2-5-3(4)7-6-2/h1H3,(H2,4,5,6). The summed E-state index contributed by atoms with van der Waals surface area (Å²) in [5.74, 6) is 0.817. The Kier molecular flexibility index (Phi) is 1.13. The van der Waals surface area contributed by atoms with Gasteiger partial charge in [-0.25, -0.2) is 0 Å². The maximum atomic E-state index is 5.29. The van der Waals surface area contributed by atoms with Gasteiger partial charge in [0.2, 0.25) is 0 Å². The molecule has 4 heteroatoms. The summed E-state index contributed by atoms with van der Waals surface area (Å²) in [5.41, 5.74) is 5.29. The molecule has 0 unspecified atom stereocenters. The fraction of sp³-hybridized carbons (Fsp3) is 0.333. The summed E-state index contributed by atoms with van der Waals surface area (Å²) in [5, 5.41) is 0. The van der Waals surface area contributed by atoms with Gasteiger partial charge in [-0.2, -0.15) is 0 Å². The van der Waals surface area contributed by atoms with Crippen LogP contribution in [0.4, 0.5) is 4.69 Å². The fourth-order valence-corrected chi connectivity index (χ4v) is 1.24. The average Bonchev–Trinajstić information content (AvgIpc) is 1.87. The molecule has 0 spiro atoms. The van der Waals surface area contributed by atoms with E-state index in [0.29, 0.717) is 4.69 Å². The number of hydrogen-bond donors (Lipinski definition) is 1. The number of aromatic nitrogens is 2. The number of nitrogen functional groups attached to an aromatic ring is 1. The molecule has 38 valence electrons. The second-order valence-corrected chi connectivity index (χ2v) is 2.82. The first kappa shape index (κ1) is 4.81. The van der Waals surface area contributed by atoms with Gasteiger partial charge >= 0.3 is 46.9 Å². The van der Waals surface area contributed by atoms with E-state index in [0.717, 1.165) is 5.82 Å². The van der Waals surface area contributed by atoms with Gasteiger partial charge in [0.1, 0.15) is 0 Å². The first-order chi connectivity index (χ1) is 3.29. The van der Waals surface area contributed by atoms with Crippen molar-refractivity contribution in [3.05, 3.63) is 5.82 Å². The van der Waals surface area contributed by atoms with Gasteiger partial charge in [0.15, 0.2) is 0 Å². The van der Waals surface area contributed by atoms with E-state index in [1.54, 1.807) is 0 Å². The van der Waals surface area contributed by atoms with Gasteiger partial charge in [0.05, 0.1) is 0 Å². The van der Waals surface area contributed by atoms with E-state index in [9.17, 15) is 0 Å². The summed E-state index contributed by atoms with van der Waals surface area (Å²) in [6.07, 6.45) is 0. The quantitative estimate of drug-likeness (QED) is 0.519. The van der Waals surface area contributed by atoms with Crippen molar-refractivity contribution in [1.29, 1.82) is 0 Å². The topological polar surface area (TPSA) is 51.8 Å². The molecule has 0 aliphatic heterocycles. The molecule has 0 saturated carbocycles. The molecule has 0 aromatic carbocycles. The van der Waals surface area contributed by atoms with Crippen LogP contribution in [0.1, 0.15) is 5.82 Å². The molecule has 0 amide bonds. The normalized spacial score (nSPS) is 9.29. The Hall–Kier alpha value is -0.341. The van der Waals surface area contributed by atoms with E-state index in [-0.39, 0.29) is 14.7 Å². The van der Waals surface area contributed by atoms with Crippen molar-refractivity contribution in [2.45, 2.75) is 6.92 Å². The molecule has 0 radical (unpaired) electrons. The van der Waals surface area contributed by atoms with Crippen molar-refractivity contribution in [1.82, 2.24) is 8.96 Å². The average molecular weight is 162 g/mol. The van der Waals surface area contributed by atoms with Crippen molar-refractivity contribution in [3.8, 4) is 0 Å². The van der Waals surface area contributed by atoms with Crippen molar-refractivity contribution in [2.75, 3.05) is 5.73 Å². The minimum absolute atomic E-state index is 0.115. The molecule has 1 rings (SSSR count). The summed E-state index contributed by atoms with van der Waals surface area (Å²) >= 11 is 0.115. The monoisotopic (exact) mass is 163 g/mol. The van der Waals surface area contributed by atoms with E-state index in [2.05, 4.69) is 8.96 Å². The third-order valence-electron chi connectivity index (χ3n) is 0.543. The van der Waals surface area contributed by atoms with Crippen LogP contribution in [-0.2, 0) is 0 Å². The number of nitrogens with two attached hydrogens (primary N) is 1. The summed E-state index contributed by atoms with van der Waals surface area (Å²) in [4.78, 5) is 3.86. The predicted molar refractivity (Wildman–Crippen MR) is 28.1 cm³/mol. The van der Waals surface area contributed by atoms with Crippen molar-refractivity contribution >= 4 is 19.4 Å². The third-order valence-corrected chi connectivity index (χ3v) is 1.87. The molecular weight excluding hydrogens is 157 g/mol. The SMILES string of the molecule is Cc1n[se]c(N)n1. The summed E-state index contributed by atoms with van der Waals surface area (Å²) in [7, 11) is 0. The Labute approximate surface area is 47.6 Å². The number of hydrogen-bond acceptors (Lipinski definition) is 3. The zero-order chi connectivity index (χ0) is 5.28. The Morgan fingerprint density at radius 2 is 2.43 bits per heavy atom. The number of aryl methyl sites for hydroxylation is 1. The van der Waals surface area contributed by atoms with Crippen molar-refractivity contribution in [2.24, 2.45) is 0 Å². The Bertz CT molecular complexity index is 142. The number of rotatable bonds is 0. The van der Waals surface area contributed by atoms with Gasteiger partial charge in [-0.1, -0.05) is 0 Å². The summed E-state index contributed by atoms with van der Waals surface area (Å²) < 4.78 is 4.65. The maximum absolute atomic E-state index is 5.29. The Morgan fingerprint density at radius 1 is 1.71 bits per heavy atom. The Morgan fingerprint density at radius 3 is 2.57 bits per heavy atom.